The number of hydrogen-bond donors (Lipinski definition) is 3. The van der Waals surface area contributed by atoms with Gasteiger partial charge in [0.1, 0.15) is 6.04 Å². The van der Waals surface area contributed by atoms with Crippen molar-refractivity contribution in [3.63, 3.8) is 0 Å². The lowest BCUT2D eigenvalue weighted by molar-refractivity contribution is -0.142. The van der Waals surface area contributed by atoms with Gasteiger partial charge >= 0.3 is 5.97 Å². The Morgan fingerprint density at radius 1 is 1.14 bits per heavy atom. The second kappa shape index (κ2) is 7.04. The van der Waals surface area contributed by atoms with Crippen molar-refractivity contribution < 1.29 is 23.4 Å². The minimum atomic E-state index is -3.81. The maximum atomic E-state index is 12.3. The van der Waals surface area contributed by atoms with Crippen LogP contribution in [0.3, 0.4) is 0 Å². The van der Waals surface area contributed by atoms with Crippen LogP contribution in [0.2, 0.25) is 0 Å². The molecular formula is C13H24N2O5S. The molecule has 1 aliphatic carbocycles. The zero-order valence-corrected chi connectivity index (χ0v) is 12.9. The fourth-order valence-corrected chi connectivity index (χ4v) is 4.65. The first-order valence-electron chi connectivity index (χ1n) is 7.59. The Morgan fingerprint density at radius 2 is 1.81 bits per heavy atom. The zero-order valence-electron chi connectivity index (χ0n) is 12.1. The molecular weight excluding hydrogens is 296 g/mol. The van der Waals surface area contributed by atoms with Gasteiger partial charge in [-0.3, -0.25) is 4.79 Å². The molecule has 0 radical (unpaired) electrons. The lowest BCUT2D eigenvalue weighted by Crippen LogP contribution is -2.53. The van der Waals surface area contributed by atoms with Crippen molar-refractivity contribution in [3.05, 3.63) is 0 Å². The van der Waals surface area contributed by atoms with E-state index >= 15 is 0 Å². The Morgan fingerprint density at radius 3 is 2.48 bits per heavy atom. The van der Waals surface area contributed by atoms with Gasteiger partial charge in [-0.15, -0.1) is 0 Å². The molecule has 0 aromatic rings. The number of carboxylic acid groups (broad SMARTS) is 1. The standard InChI is InChI=1S/C13H24N2O5S/c16-12-7-2-1-5-10(12)9-14-21(19,20)15-8-4-3-6-11(15)13(17)18/h10-12,14,16H,1-9H2,(H,17,18). The third-order valence-electron chi connectivity index (χ3n) is 4.44. The van der Waals surface area contributed by atoms with Crippen molar-refractivity contribution in [2.45, 2.75) is 57.1 Å². The first-order chi connectivity index (χ1) is 9.92. The van der Waals surface area contributed by atoms with Crippen LogP contribution in [-0.4, -0.2) is 54.1 Å². The molecule has 8 heteroatoms. The maximum Gasteiger partial charge on any atom is 0.322 e. The van der Waals surface area contributed by atoms with Crippen LogP contribution in [0.15, 0.2) is 0 Å². The zero-order chi connectivity index (χ0) is 15.5. The average Bonchev–Trinajstić information content (AvgIpc) is 2.46. The van der Waals surface area contributed by atoms with Gasteiger partial charge in [-0.05, 0) is 38.0 Å². The highest BCUT2D eigenvalue weighted by Gasteiger charge is 2.37. The summed E-state index contributed by atoms with van der Waals surface area (Å²) in [4.78, 5) is 11.2. The summed E-state index contributed by atoms with van der Waals surface area (Å²) >= 11 is 0. The van der Waals surface area contributed by atoms with Crippen LogP contribution in [0, 0.1) is 5.92 Å². The van der Waals surface area contributed by atoms with Crippen molar-refractivity contribution in [1.82, 2.24) is 9.03 Å². The summed E-state index contributed by atoms with van der Waals surface area (Å²) in [5, 5.41) is 19.0. The van der Waals surface area contributed by atoms with E-state index in [1.807, 2.05) is 0 Å². The number of aliphatic hydroxyl groups is 1. The Labute approximate surface area is 125 Å². The van der Waals surface area contributed by atoms with E-state index in [1.165, 1.54) is 0 Å². The SMILES string of the molecule is O=C(O)C1CCCCN1S(=O)(=O)NCC1CCCCC1O. The number of piperidine rings is 1. The van der Waals surface area contributed by atoms with Gasteiger partial charge < -0.3 is 10.2 Å². The number of nitrogens with one attached hydrogen (secondary N) is 1. The average molecular weight is 320 g/mol. The van der Waals surface area contributed by atoms with Gasteiger partial charge in [0.2, 0.25) is 0 Å². The Balaban J connectivity index is 1.98. The van der Waals surface area contributed by atoms with Crippen molar-refractivity contribution in [1.29, 1.82) is 0 Å². The fourth-order valence-electron chi connectivity index (χ4n) is 3.16. The minimum absolute atomic E-state index is 0.0819. The van der Waals surface area contributed by atoms with Gasteiger partial charge in [-0.1, -0.05) is 12.8 Å². The molecule has 3 atom stereocenters. The van der Waals surface area contributed by atoms with Crippen LogP contribution in [0.5, 0.6) is 0 Å². The highest BCUT2D eigenvalue weighted by Crippen LogP contribution is 2.25. The highest BCUT2D eigenvalue weighted by atomic mass is 32.2. The summed E-state index contributed by atoms with van der Waals surface area (Å²) in [6, 6.07) is -0.979. The number of carbonyl (C=O) groups is 1. The smallest absolute Gasteiger partial charge is 0.322 e. The van der Waals surface area contributed by atoms with Crippen LogP contribution >= 0.6 is 0 Å². The lowest BCUT2D eigenvalue weighted by Gasteiger charge is -2.33. The van der Waals surface area contributed by atoms with E-state index in [0.29, 0.717) is 19.3 Å². The Kier molecular flexibility index (Phi) is 5.59. The molecule has 2 aliphatic rings. The molecule has 21 heavy (non-hydrogen) atoms. The van der Waals surface area contributed by atoms with Gasteiger partial charge in [0.25, 0.3) is 10.2 Å². The third kappa shape index (κ3) is 4.15. The largest absolute Gasteiger partial charge is 0.480 e. The van der Waals surface area contributed by atoms with E-state index in [2.05, 4.69) is 4.72 Å². The second-order valence-corrected chi connectivity index (χ2v) is 7.63. The van der Waals surface area contributed by atoms with Crippen molar-refractivity contribution >= 4 is 16.2 Å². The van der Waals surface area contributed by atoms with Crippen LogP contribution in [-0.2, 0) is 15.0 Å². The molecule has 122 valence electrons. The molecule has 3 N–H and O–H groups in total. The van der Waals surface area contributed by atoms with E-state index in [4.69, 9.17) is 5.11 Å². The Hall–Kier alpha value is -0.700. The molecule has 0 bridgehead atoms. The second-order valence-electron chi connectivity index (χ2n) is 5.93. The number of aliphatic carboxylic acids is 1. The van der Waals surface area contributed by atoms with Gasteiger partial charge in [0, 0.05) is 13.1 Å². The summed E-state index contributed by atoms with van der Waals surface area (Å²) in [6.45, 7) is 0.409. The molecule has 2 fully saturated rings. The molecule has 0 aromatic carbocycles. The first-order valence-corrected chi connectivity index (χ1v) is 9.03. The molecule has 2 rings (SSSR count). The summed E-state index contributed by atoms with van der Waals surface area (Å²) in [6.07, 6.45) is 4.74. The monoisotopic (exact) mass is 320 g/mol. The molecule has 1 aliphatic heterocycles. The number of carboxylic acids is 1. The van der Waals surface area contributed by atoms with Crippen LogP contribution in [0.1, 0.15) is 44.9 Å². The number of rotatable bonds is 5. The molecule has 0 aromatic heterocycles. The lowest BCUT2D eigenvalue weighted by atomic mass is 9.87. The van der Waals surface area contributed by atoms with E-state index in [0.717, 1.165) is 30.0 Å². The van der Waals surface area contributed by atoms with Crippen molar-refractivity contribution in [2.24, 2.45) is 5.92 Å². The third-order valence-corrected chi connectivity index (χ3v) is 6.03. The van der Waals surface area contributed by atoms with E-state index in [1.54, 1.807) is 0 Å². The van der Waals surface area contributed by atoms with Crippen molar-refractivity contribution in [2.75, 3.05) is 13.1 Å². The number of hydrogen-bond acceptors (Lipinski definition) is 4. The van der Waals surface area contributed by atoms with Crippen LogP contribution in [0.25, 0.3) is 0 Å². The van der Waals surface area contributed by atoms with E-state index in [-0.39, 0.29) is 19.0 Å². The fraction of sp³-hybridized carbons (Fsp3) is 0.923. The number of aliphatic hydroxyl groups excluding tert-OH is 1. The van der Waals surface area contributed by atoms with E-state index in [9.17, 15) is 18.3 Å². The normalized spacial score (nSPS) is 32.0. The summed E-state index contributed by atoms with van der Waals surface area (Å²) in [5.74, 6) is -1.18. The quantitative estimate of drug-likeness (QED) is 0.676. The molecule has 3 unspecified atom stereocenters. The van der Waals surface area contributed by atoms with Gasteiger partial charge in [0.15, 0.2) is 0 Å². The van der Waals surface area contributed by atoms with Gasteiger partial charge in [0.05, 0.1) is 6.10 Å². The Bertz CT molecular complexity index is 467. The number of nitrogens with zero attached hydrogens (tertiary/aromatic N) is 1. The predicted octanol–water partition coefficient (Wildman–Crippen LogP) is 0.311. The molecule has 0 amide bonds. The summed E-state index contributed by atoms with van der Waals surface area (Å²) in [5.41, 5.74) is 0. The first kappa shape index (κ1) is 16.7. The van der Waals surface area contributed by atoms with Crippen molar-refractivity contribution in [3.8, 4) is 0 Å². The molecule has 1 heterocycles. The molecule has 0 spiro atoms. The van der Waals surface area contributed by atoms with Crippen LogP contribution in [0.4, 0.5) is 0 Å². The molecule has 1 saturated heterocycles. The summed E-state index contributed by atoms with van der Waals surface area (Å²) < 4.78 is 28.2. The van der Waals surface area contributed by atoms with Gasteiger partial charge in [-0.2, -0.15) is 12.7 Å². The molecule has 1 saturated carbocycles. The van der Waals surface area contributed by atoms with E-state index < -0.39 is 28.3 Å². The summed E-state index contributed by atoms with van der Waals surface area (Å²) in [7, 11) is -3.81. The highest BCUT2D eigenvalue weighted by molar-refractivity contribution is 7.87. The predicted molar refractivity (Wildman–Crippen MR) is 76.9 cm³/mol. The topological polar surface area (TPSA) is 107 Å². The molecule has 7 nitrogen and oxygen atoms in total. The maximum absolute atomic E-state index is 12.3. The van der Waals surface area contributed by atoms with Gasteiger partial charge in [-0.25, -0.2) is 4.72 Å². The van der Waals surface area contributed by atoms with Crippen LogP contribution < -0.4 is 4.72 Å². The minimum Gasteiger partial charge on any atom is -0.480 e.